The Labute approximate surface area is 185 Å². The molecule has 3 fully saturated rings. The van der Waals surface area contributed by atoms with Gasteiger partial charge in [-0.25, -0.2) is 4.79 Å². The zero-order valence-corrected chi connectivity index (χ0v) is 19.0. The summed E-state index contributed by atoms with van der Waals surface area (Å²) in [6, 6.07) is 9.82. The first kappa shape index (κ1) is 21.7. The maximum Gasteiger partial charge on any atom is 0.336 e. The minimum absolute atomic E-state index is 0.122. The Morgan fingerprint density at radius 1 is 1.16 bits per heavy atom. The van der Waals surface area contributed by atoms with E-state index < -0.39 is 0 Å². The van der Waals surface area contributed by atoms with Gasteiger partial charge >= 0.3 is 5.97 Å². The molecule has 5 nitrogen and oxygen atoms in total. The monoisotopic (exact) mass is 422 g/mol. The molecule has 2 bridgehead atoms. The fourth-order valence-electron chi connectivity index (χ4n) is 6.01. The lowest BCUT2D eigenvalue weighted by molar-refractivity contribution is -0.142. The molecule has 0 saturated heterocycles. The minimum atomic E-state index is -0.325. The molecule has 1 heterocycles. The minimum Gasteiger partial charge on any atom is -0.463 e. The highest BCUT2D eigenvalue weighted by Crippen LogP contribution is 2.64. The molecule has 4 aliphatic rings. The Balaban J connectivity index is 1.61. The molecule has 0 spiro atoms. The summed E-state index contributed by atoms with van der Waals surface area (Å²) in [5, 5.41) is 6.20. The van der Waals surface area contributed by atoms with Gasteiger partial charge in [0.25, 0.3) is 0 Å². The zero-order valence-electron chi connectivity index (χ0n) is 19.0. The van der Waals surface area contributed by atoms with Crippen LogP contribution in [0.2, 0.25) is 0 Å². The largest absolute Gasteiger partial charge is 0.463 e. The van der Waals surface area contributed by atoms with Crippen LogP contribution in [0.15, 0.2) is 53.9 Å². The number of benzene rings is 1. The van der Waals surface area contributed by atoms with Crippen molar-refractivity contribution in [3.8, 4) is 0 Å². The van der Waals surface area contributed by atoms with E-state index in [-0.39, 0.29) is 35.2 Å². The Morgan fingerprint density at radius 3 is 2.52 bits per heavy atom. The lowest BCUT2D eigenvalue weighted by atomic mass is 9.43. The molecule has 2 N–H and O–H groups in total. The van der Waals surface area contributed by atoms with Crippen LogP contribution >= 0.6 is 0 Å². The van der Waals surface area contributed by atoms with E-state index in [4.69, 9.17) is 4.74 Å². The van der Waals surface area contributed by atoms with Crippen molar-refractivity contribution in [2.24, 2.45) is 29.1 Å². The third-order valence-electron chi connectivity index (χ3n) is 7.91. The van der Waals surface area contributed by atoms with Crippen molar-refractivity contribution in [3.05, 3.63) is 59.4 Å². The molecule has 0 radical (unpaired) electrons. The van der Waals surface area contributed by atoms with Crippen LogP contribution < -0.4 is 10.6 Å². The first-order valence-electron chi connectivity index (χ1n) is 11.5. The molecule has 166 valence electrons. The van der Waals surface area contributed by atoms with Crippen molar-refractivity contribution in [1.29, 1.82) is 0 Å². The molecule has 3 aliphatic carbocycles. The van der Waals surface area contributed by atoms with Crippen LogP contribution in [-0.4, -0.2) is 18.5 Å². The number of dihydropyridines is 1. The number of hydrogen-bond donors (Lipinski definition) is 2. The number of amides is 1. The second-order valence-corrected chi connectivity index (χ2v) is 9.77. The highest BCUT2D eigenvalue weighted by atomic mass is 16.5. The summed E-state index contributed by atoms with van der Waals surface area (Å²) in [7, 11) is 0. The van der Waals surface area contributed by atoms with Gasteiger partial charge in [0.05, 0.1) is 18.2 Å². The molecule has 3 saturated carbocycles. The highest BCUT2D eigenvalue weighted by Gasteiger charge is 2.57. The zero-order chi connectivity index (χ0) is 22.2. The molecule has 1 amide bonds. The number of carbonyl (C=O) groups is 2. The van der Waals surface area contributed by atoms with Gasteiger partial charge in [0.2, 0.25) is 5.91 Å². The Bertz CT molecular complexity index is 900. The van der Waals surface area contributed by atoms with Crippen LogP contribution in [0.25, 0.3) is 0 Å². The quantitative estimate of drug-likeness (QED) is 0.663. The number of hydrogen-bond acceptors (Lipinski definition) is 4. The lowest BCUT2D eigenvalue weighted by Gasteiger charge is -2.61. The molecule has 0 unspecified atom stereocenters. The molecule has 1 aromatic rings. The average Bonchev–Trinajstić information content (AvgIpc) is 2.79. The van der Waals surface area contributed by atoms with Gasteiger partial charge in [0, 0.05) is 23.9 Å². The molecule has 5 heteroatoms. The van der Waals surface area contributed by atoms with E-state index in [1.54, 1.807) is 12.4 Å². The van der Waals surface area contributed by atoms with Gasteiger partial charge in [-0.2, -0.15) is 0 Å². The van der Waals surface area contributed by atoms with E-state index in [1.165, 1.54) is 6.42 Å². The summed E-state index contributed by atoms with van der Waals surface area (Å²) in [6.07, 6.45) is 6.89. The summed E-state index contributed by atoms with van der Waals surface area (Å²) in [4.78, 5) is 26.3. The standard InChI is InChI=1S/C26H34N2O3/c1-5-31-25(30)21-15-27-14-20(24(29)28-16(2)17-9-7-6-8-10-17)23(21)19-12-11-18-13-22(19)26(18,3)4/h6-10,14-16,18-19,22-23,27H,5,11-13H2,1-4H3,(H,28,29)/t16-,18+,19+,22+,23-/m1/s1. The van der Waals surface area contributed by atoms with E-state index in [0.29, 0.717) is 23.7 Å². The predicted octanol–water partition coefficient (Wildman–Crippen LogP) is 4.49. The number of carbonyl (C=O) groups excluding carboxylic acids is 2. The van der Waals surface area contributed by atoms with E-state index in [2.05, 4.69) is 24.5 Å². The fraction of sp³-hybridized carbons (Fsp3) is 0.538. The SMILES string of the molecule is CCOC(=O)C1=CNC=C(C(=O)N[C@H](C)c2ccccc2)[C@H]1[C@H]1CC[C@H]2C[C@@H]1C2(C)C. The summed E-state index contributed by atoms with van der Waals surface area (Å²) in [5.74, 6) is 0.840. The van der Waals surface area contributed by atoms with Crippen LogP contribution in [-0.2, 0) is 14.3 Å². The van der Waals surface area contributed by atoms with Crippen molar-refractivity contribution >= 4 is 11.9 Å². The van der Waals surface area contributed by atoms with Crippen LogP contribution in [0.1, 0.15) is 58.6 Å². The van der Waals surface area contributed by atoms with Crippen molar-refractivity contribution in [3.63, 3.8) is 0 Å². The molecule has 5 atom stereocenters. The second kappa shape index (κ2) is 8.52. The first-order chi connectivity index (χ1) is 14.8. The number of rotatable bonds is 6. The van der Waals surface area contributed by atoms with Gasteiger partial charge in [0.15, 0.2) is 0 Å². The molecular weight excluding hydrogens is 388 g/mol. The summed E-state index contributed by atoms with van der Waals surface area (Å²) in [6.45, 7) is 8.80. The Hall–Kier alpha value is -2.56. The van der Waals surface area contributed by atoms with Crippen LogP contribution in [0, 0.1) is 29.1 Å². The van der Waals surface area contributed by atoms with Gasteiger partial charge in [-0.1, -0.05) is 44.2 Å². The van der Waals surface area contributed by atoms with Crippen molar-refractivity contribution in [2.45, 2.75) is 53.0 Å². The van der Waals surface area contributed by atoms with Gasteiger partial charge in [0.1, 0.15) is 0 Å². The highest BCUT2D eigenvalue weighted by molar-refractivity contribution is 5.99. The van der Waals surface area contributed by atoms with Gasteiger partial charge in [-0.3, -0.25) is 4.79 Å². The Morgan fingerprint density at radius 2 is 1.87 bits per heavy atom. The average molecular weight is 423 g/mol. The van der Waals surface area contributed by atoms with E-state index in [9.17, 15) is 9.59 Å². The first-order valence-corrected chi connectivity index (χ1v) is 11.5. The smallest absolute Gasteiger partial charge is 0.336 e. The van der Waals surface area contributed by atoms with E-state index in [1.807, 2.05) is 44.2 Å². The topological polar surface area (TPSA) is 67.4 Å². The van der Waals surface area contributed by atoms with Crippen LogP contribution in [0.5, 0.6) is 0 Å². The van der Waals surface area contributed by atoms with Crippen LogP contribution in [0.4, 0.5) is 0 Å². The molecular formula is C26H34N2O3. The summed E-state index contributed by atoms with van der Waals surface area (Å²) < 4.78 is 5.37. The third kappa shape index (κ3) is 3.90. The van der Waals surface area contributed by atoms with Crippen molar-refractivity contribution in [1.82, 2.24) is 10.6 Å². The van der Waals surface area contributed by atoms with Crippen molar-refractivity contribution in [2.75, 3.05) is 6.61 Å². The number of ether oxygens (including phenoxy) is 1. The lowest BCUT2D eigenvalue weighted by Crippen LogP contribution is -2.55. The molecule has 1 aromatic carbocycles. The second-order valence-electron chi connectivity index (χ2n) is 9.77. The number of fused-ring (bicyclic) bond motifs is 2. The maximum atomic E-state index is 13.4. The number of esters is 1. The van der Waals surface area contributed by atoms with Gasteiger partial charge in [-0.15, -0.1) is 0 Å². The number of nitrogens with one attached hydrogen (secondary N) is 2. The van der Waals surface area contributed by atoms with Crippen LogP contribution in [0.3, 0.4) is 0 Å². The fourth-order valence-corrected chi connectivity index (χ4v) is 6.01. The van der Waals surface area contributed by atoms with E-state index >= 15 is 0 Å². The molecule has 5 rings (SSSR count). The molecule has 1 aliphatic heterocycles. The maximum absolute atomic E-state index is 13.4. The normalized spacial score (nSPS) is 29.4. The van der Waals surface area contributed by atoms with Crippen molar-refractivity contribution < 1.29 is 14.3 Å². The van der Waals surface area contributed by atoms with Gasteiger partial charge < -0.3 is 15.4 Å². The summed E-state index contributed by atoms with van der Waals surface area (Å²) >= 11 is 0. The van der Waals surface area contributed by atoms with Gasteiger partial charge in [-0.05, 0) is 61.8 Å². The van der Waals surface area contributed by atoms with E-state index in [0.717, 1.165) is 24.3 Å². The molecule has 0 aromatic heterocycles. The molecule has 31 heavy (non-hydrogen) atoms. The Kier molecular flexibility index (Phi) is 5.96. The summed E-state index contributed by atoms with van der Waals surface area (Å²) in [5.41, 5.74) is 2.53. The third-order valence-corrected chi connectivity index (χ3v) is 7.91. The predicted molar refractivity (Wildman–Crippen MR) is 121 cm³/mol.